The van der Waals surface area contributed by atoms with Gasteiger partial charge in [-0.25, -0.2) is 0 Å². The Bertz CT molecular complexity index is 480. The third kappa shape index (κ3) is 2.96. The van der Waals surface area contributed by atoms with Crippen LogP contribution in [0.3, 0.4) is 0 Å². The summed E-state index contributed by atoms with van der Waals surface area (Å²) in [4.78, 5) is 5.60. The second kappa shape index (κ2) is 5.17. The number of aryl methyl sites for hydroxylation is 1. The summed E-state index contributed by atoms with van der Waals surface area (Å²) in [6.45, 7) is 0. The minimum Gasteiger partial charge on any atom is -0.271 e. The van der Waals surface area contributed by atoms with E-state index in [4.69, 9.17) is 17.4 Å². The van der Waals surface area contributed by atoms with E-state index in [0.29, 0.717) is 17.3 Å². The standard InChI is InChI=1S/C9H12ClN7/c1-17-15-9(14-16-17)4-8(13-11)7-3-2-6(10)5-12-7/h2-3,5,8,13H,4,11H2,1H3. The van der Waals surface area contributed by atoms with E-state index in [-0.39, 0.29) is 6.04 Å². The van der Waals surface area contributed by atoms with Crippen molar-refractivity contribution in [1.82, 2.24) is 30.6 Å². The zero-order valence-corrected chi connectivity index (χ0v) is 9.96. The molecule has 0 bridgehead atoms. The van der Waals surface area contributed by atoms with Gasteiger partial charge in [-0.3, -0.25) is 16.3 Å². The van der Waals surface area contributed by atoms with Crippen LogP contribution in [-0.2, 0) is 13.5 Å². The fraction of sp³-hybridized carbons (Fsp3) is 0.333. The van der Waals surface area contributed by atoms with Crippen LogP contribution >= 0.6 is 11.6 Å². The Labute approximate surface area is 103 Å². The molecule has 0 aliphatic rings. The average Bonchev–Trinajstić information content (AvgIpc) is 2.73. The van der Waals surface area contributed by atoms with Crippen molar-refractivity contribution < 1.29 is 0 Å². The molecule has 0 saturated heterocycles. The molecule has 7 nitrogen and oxygen atoms in total. The topological polar surface area (TPSA) is 94.5 Å². The van der Waals surface area contributed by atoms with Crippen LogP contribution in [0.2, 0.25) is 5.02 Å². The molecule has 0 amide bonds. The van der Waals surface area contributed by atoms with Crippen molar-refractivity contribution in [2.45, 2.75) is 12.5 Å². The van der Waals surface area contributed by atoms with E-state index in [9.17, 15) is 0 Å². The van der Waals surface area contributed by atoms with Crippen molar-refractivity contribution in [1.29, 1.82) is 0 Å². The maximum absolute atomic E-state index is 5.77. The number of nitrogens with two attached hydrogens (primary N) is 1. The Balaban J connectivity index is 2.13. The summed E-state index contributed by atoms with van der Waals surface area (Å²) in [5, 5.41) is 12.3. The molecule has 0 aliphatic heterocycles. The lowest BCUT2D eigenvalue weighted by molar-refractivity contribution is 0.524. The van der Waals surface area contributed by atoms with Crippen LogP contribution in [0.4, 0.5) is 0 Å². The lowest BCUT2D eigenvalue weighted by atomic mass is 10.1. The van der Waals surface area contributed by atoms with Crippen LogP contribution < -0.4 is 11.3 Å². The van der Waals surface area contributed by atoms with Gasteiger partial charge in [-0.1, -0.05) is 11.6 Å². The number of halogens is 1. The second-order valence-corrected chi connectivity index (χ2v) is 3.96. The normalized spacial score (nSPS) is 12.6. The summed E-state index contributed by atoms with van der Waals surface area (Å²) >= 11 is 5.77. The van der Waals surface area contributed by atoms with Crippen molar-refractivity contribution in [3.05, 3.63) is 34.9 Å². The molecule has 2 heterocycles. The highest BCUT2D eigenvalue weighted by Crippen LogP contribution is 2.15. The van der Waals surface area contributed by atoms with Gasteiger partial charge in [0, 0.05) is 12.6 Å². The van der Waals surface area contributed by atoms with E-state index in [2.05, 4.69) is 25.8 Å². The Hall–Kier alpha value is -1.57. The highest BCUT2D eigenvalue weighted by Gasteiger charge is 2.14. The summed E-state index contributed by atoms with van der Waals surface area (Å²) in [5.41, 5.74) is 3.45. The number of hydrogen-bond acceptors (Lipinski definition) is 6. The molecule has 0 radical (unpaired) electrons. The Morgan fingerprint density at radius 1 is 1.53 bits per heavy atom. The van der Waals surface area contributed by atoms with E-state index < -0.39 is 0 Å². The number of nitrogens with zero attached hydrogens (tertiary/aromatic N) is 5. The molecule has 17 heavy (non-hydrogen) atoms. The monoisotopic (exact) mass is 253 g/mol. The Morgan fingerprint density at radius 3 is 2.88 bits per heavy atom. The summed E-state index contributed by atoms with van der Waals surface area (Å²) in [6.07, 6.45) is 2.09. The van der Waals surface area contributed by atoms with Gasteiger partial charge in [-0.2, -0.15) is 4.80 Å². The van der Waals surface area contributed by atoms with Gasteiger partial charge in [0.1, 0.15) is 0 Å². The van der Waals surface area contributed by atoms with Crippen molar-refractivity contribution >= 4 is 11.6 Å². The first-order valence-electron chi connectivity index (χ1n) is 4.99. The molecule has 90 valence electrons. The number of tetrazole rings is 1. The first kappa shape index (κ1) is 11.9. The first-order chi connectivity index (χ1) is 8.19. The van der Waals surface area contributed by atoms with Crippen molar-refractivity contribution in [2.75, 3.05) is 0 Å². The van der Waals surface area contributed by atoms with Gasteiger partial charge in [0.25, 0.3) is 0 Å². The number of nitrogens with one attached hydrogen (secondary N) is 1. The van der Waals surface area contributed by atoms with Crippen LogP contribution in [0.5, 0.6) is 0 Å². The molecular formula is C9H12ClN7. The highest BCUT2D eigenvalue weighted by molar-refractivity contribution is 6.30. The van der Waals surface area contributed by atoms with E-state index in [1.807, 2.05) is 6.07 Å². The zero-order chi connectivity index (χ0) is 12.3. The maximum atomic E-state index is 5.77. The van der Waals surface area contributed by atoms with E-state index in [0.717, 1.165) is 5.69 Å². The molecule has 0 aromatic carbocycles. The molecule has 8 heteroatoms. The fourth-order valence-corrected chi connectivity index (χ4v) is 1.54. The SMILES string of the molecule is Cn1nnc(CC(NN)c2ccc(Cl)cn2)n1. The van der Waals surface area contributed by atoms with Gasteiger partial charge in [0.15, 0.2) is 5.82 Å². The van der Waals surface area contributed by atoms with Gasteiger partial charge in [-0.05, 0) is 17.3 Å². The van der Waals surface area contributed by atoms with Gasteiger partial charge in [-0.15, -0.1) is 10.2 Å². The summed E-state index contributed by atoms with van der Waals surface area (Å²) < 4.78 is 0. The van der Waals surface area contributed by atoms with Crippen LogP contribution in [-0.4, -0.2) is 25.2 Å². The largest absolute Gasteiger partial charge is 0.271 e. The summed E-state index contributed by atoms with van der Waals surface area (Å²) in [5.74, 6) is 6.10. The van der Waals surface area contributed by atoms with E-state index >= 15 is 0 Å². The first-order valence-corrected chi connectivity index (χ1v) is 5.37. The van der Waals surface area contributed by atoms with Crippen LogP contribution in [0.25, 0.3) is 0 Å². The molecule has 1 atom stereocenters. The minimum absolute atomic E-state index is 0.170. The Morgan fingerprint density at radius 2 is 2.35 bits per heavy atom. The summed E-state index contributed by atoms with van der Waals surface area (Å²) in [6, 6.07) is 3.40. The maximum Gasteiger partial charge on any atom is 0.176 e. The Kier molecular flexibility index (Phi) is 3.62. The van der Waals surface area contributed by atoms with Gasteiger partial charge < -0.3 is 0 Å². The van der Waals surface area contributed by atoms with Crippen molar-refractivity contribution in [2.24, 2.45) is 12.9 Å². The molecule has 0 fully saturated rings. The lowest BCUT2D eigenvalue weighted by Crippen LogP contribution is -2.30. The quantitative estimate of drug-likeness (QED) is 0.589. The second-order valence-electron chi connectivity index (χ2n) is 3.52. The lowest BCUT2D eigenvalue weighted by Gasteiger charge is -2.12. The van der Waals surface area contributed by atoms with Crippen LogP contribution in [0, 0.1) is 0 Å². The molecule has 0 spiro atoms. The van der Waals surface area contributed by atoms with Crippen LogP contribution in [0.15, 0.2) is 18.3 Å². The van der Waals surface area contributed by atoms with Gasteiger partial charge in [0.05, 0.1) is 23.8 Å². The third-order valence-corrected chi connectivity index (χ3v) is 2.47. The number of rotatable bonds is 4. The number of aromatic nitrogens is 5. The van der Waals surface area contributed by atoms with Gasteiger partial charge in [0.2, 0.25) is 0 Å². The molecule has 2 aromatic heterocycles. The van der Waals surface area contributed by atoms with Crippen molar-refractivity contribution in [3.63, 3.8) is 0 Å². The molecule has 0 aliphatic carbocycles. The summed E-state index contributed by atoms with van der Waals surface area (Å²) in [7, 11) is 1.71. The van der Waals surface area contributed by atoms with Gasteiger partial charge >= 0.3 is 0 Å². The number of pyridine rings is 1. The molecule has 0 saturated carbocycles. The number of hydrogen-bond donors (Lipinski definition) is 2. The molecular weight excluding hydrogens is 242 g/mol. The van der Waals surface area contributed by atoms with E-state index in [1.54, 1.807) is 19.3 Å². The molecule has 3 N–H and O–H groups in total. The predicted molar refractivity (Wildman–Crippen MR) is 61.8 cm³/mol. The fourth-order valence-electron chi connectivity index (χ4n) is 1.43. The smallest absolute Gasteiger partial charge is 0.176 e. The van der Waals surface area contributed by atoms with Crippen LogP contribution in [0.1, 0.15) is 17.6 Å². The third-order valence-electron chi connectivity index (χ3n) is 2.24. The zero-order valence-electron chi connectivity index (χ0n) is 9.21. The van der Waals surface area contributed by atoms with Crippen molar-refractivity contribution in [3.8, 4) is 0 Å². The molecule has 2 rings (SSSR count). The predicted octanol–water partition coefficient (Wildman–Crippen LogP) is 0.00560. The molecule has 1 unspecified atom stereocenters. The minimum atomic E-state index is -0.170. The molecule has 2 aromatic rings. The average molecular weight is 254 g/mol. The van der Waals surface area contributed by atoms with E-state index in [1.165, 1.54) is 4.80 Å². The highest BCUT2D eigenvalue weighted by atomic mass is 35.5. The number of hydrazine groups is 1.